The molecule has 0 amide bonds. The second-order valence-corrected chi connectivity index (χ2v) is 4.12. The molecule has 0 spiro atoms. The summed E-state index contributed by atoms with van der Waals surface area (Å²) in [5, 5.41) is 11.8. The number of nitrogens with two attached hydrogens (primary N) is 1. The van der Waals surface area contributed by atoms with Crippen LogP contribution in [0.4, 0.5) is 0 Å². The normalized spacial score (nSPS) is 12.7. The van der Waals surface area contributed by atoms with Gasteiger partial charge in [0.1, 0.15) is 6.54 Å². The van der Waals surface area contributed by atoms with E-state index in [0.717, 1.165) is 5.69 Å². The van der Waals surface area contributed by atoms with Crippen molar-refractivity contribution in [3.63, 3.8) is 0 Å². The minimum Gasteiger partial charge on any atom is -0.459 e. The molecular formula is C11H12N6O2. The highest BCUT2D eigenvalue weighted by atomic mass is 16.5. The maximum atomic E-state index is 5.71. The number of aromatic nitrogens is 5. The SMILES string of the molecule is CC(N)c1cn(Cc2noc(-c3ccco3)n2)nn1. The monoisotopic (exact) mass is 260 g/mol. The van der Waals surface area contributed by atoms with Crippen LogP contribution >= 0.6 is 0 Å². The van der Waals surface area contributed by atoms with E-state index >= 15 is 0 Å². The Morgan fingerprint density at radius 3 is 3.05 bits per heavy atom. The molecule has 3 aromatic heterocycles. The van der Waals surface area contributed by atoms with Crippen LogP contribution in [0.5, 0.6) is 0 Å². The van der Waals surface area contributed by atoms with E-state index in [4.69, 9.17) is 14.7 Å². The molecule has 0 saturated heterocycles. The zero-order valence-corrected chi connectivity index (χ0v) is 10.2. The van der Waals surface area contributed by atoms with Crippen molar-refractivity contribution in [2.45, 2.75) is 19.5 Å². The van der Waals surface area contributed by atoms with Crippen LogP contribution in [0.2, 0.25) is 0 Å². The van der Waals surface area contributed by atoms with E-state index in [9.17, 15) is 0 Å². The number of nitrogens with zero attached hydrogens (tertiary/aromatic N) is 5. The summed E-state index contributed by atoms with van der Waals surface area (Å²) < 4.78 is 11.9. The van der Waals surface area contributed by atoms with Crippen molar-refractivity contribution in [1.29, 1.82) is 0 Å². The Bertz CT molecular complexity index is 654. The first kappa shape index (κ1) is 11.6. The molecule has 3 heterocycles. The molecule has 2 N–H and O–H groups in total. The third-order valence-corrected chi connectivity index (χ3v) is 2.53. The molecule has 0 bridgehead atoms. The lowest BCUT2D eigenvalue weighted by molar-refractivity contribution is 0.406. The van der Waals surface area contributed by atoms with Gasteiger partial charge < -0.3 is 14.7 Å². The molecule has 0 radical (unpaired) electrons. The highest BCUT2D eigenvalue weighted by Crippen LogP contribution is 2.17. The fourth-order valence-electron chi connectivity index (χ4n) is 1.56. The van der Waals surface area contributed by atoms with E-state index in [1.54, 1.807) is 29.3 Å². The Labute approximate surface area is 108 Å². The minimum atomic E-state index is -0.155. The van der Waals surface area contributed by atoms with Gasteiger partial charge in [-0.05, 0) is 19.1 Å². The fraction of sp³-hybridized carbons (Fsp3) is 0.273. The van der Waals surface area contributed by atoms with E-state index in [2.05, 4.69) is 20.5 Å². The largest absolute Gasteiger partial charge is 0.459 e. The average Bonchev–Trinajstić information content (AvgIpc) is 3.09. The van der Waals surface area contributed by atoms with Gasteiger partial charge in [0.15, 0.2) is 11.6 Å². The highest BCUT2D eigenvalue weighted by Gasteiger charge is 2.12. The summed E-state index contributed by atoms with van der Waals surface area (Å²) in [6.07, 6.45) is 3.30. The summed E-state index contributed by atoms with van der Waals surface area (Å²) in [5.41, 5.74) is 6.43. The van der Waals surface area contributed by atoms with Crippen molar-refractivity contribution in [1.82, 2.24) is 25.1 Å². The van der Waals surface area contributed by atoms with Gasteiger partial charge >= 0.3 is 0 Å². The van der Waals surface area contributed by atoms with Crippen LogP contribution in [0.25, 0.3) is 11.7 Å². The van der Waals surface area contributed by atoms with Crippen molar-refractivity contribution >= 4 is 0 Å². The summed E-state index contributed by atoms with van der Waals surface area (Å²) in [6.45, 7) is 2.21. The summed E-state index contributed by atoms with van der Waals surface area (Å²) in [6, 6.07) is 3.35. The molecule has 1 atom stereocenters. The molecule has 0 aliphatic carbocycles. The lowest BCUT2D eigenvalue weighted by atomic mass is 10.3. The predicted molar refractivity (Wildman–Crippen MR) is 63.7 cm³/mol. The lowest BCUT2D eigenvalue weighted by Crippen LogP contribution is -2.05. The maximum absolute atomic E-state index is 5.71. The van der Waals surface area contributed by atoms with Crippen LogP contribution in [0.1, 0.15) is 24.5 Å². The van der Waals surface area contributed by atoms with E-state index in [0.29, 0.717) is 24.0 Å². The smallest absolute Gasteiger partial charge is 0.293 e. The molecule has 3 rings (SSSR count). The second-order valence-electron chi connectivity index (χ2n) is 4.12. The average molecular weight is 260 g/mol. The van der Waals surface area contributed by atoms with Crippen molar-refractivity contribution in [3.8, 4) is 11.7 Å². The van der Waals surface area contributed by atoms with Crippen LogP contribution in [-0.2, 0) is 6.54 Å². The van der Waals surface area contributed by atoms with Gasteiger partial charge in [-0.3, -0.25) is 0 Å². The molecule has 3 aromatic rings. The Kier molecular flexibility index (Phi) is 2.84. The van der Waals surface area contributed by atoms with Crippen LogP contribution in [0.15, 0.2) is 33.5 Å². The van der Waals surface area contributed by atoms with Crippen LogP contribution in [0.3, 0.4) is 0 Å². The molecule has 8 heteroatoms. The third kappa shape index (κ3) is 2.38. The van der Waals surface area contributed by atoms with Gasteiger partial charge in [0, 0.05) is 6.04 Å². The molecular weight excluding hydrogens is 248 g/mol. The van der Waals surface area contributed by atoms with Crippen LogP contribution in [0, 0.1) is 0 Å². The number of rotatable bonds is 4. The van der Waals surface area contributed by atoms with Crippen LogP contribution < -0.4 is 5.73 Å². The second kappa shape index (κ2) is 4.65. The standard InChI is InChI=1S/C11H12N6O2/c1-7(12)8-5-17(16-14-8)6-10-13-11(19-15-10)9-3-2-4-18-9/h2-5,7H,6,12H2,1H3. The van der Waals surface area contributed by atoms with E-state index < -0.39 is 0 Å². The van der Waals surface area contributed by atoms with E-state index in [1.807, 2.05) is 6.92 Å². The number of furan rings is 1. The molecule has 0 aliphatic rings. The van der Waals surface area contributed by atoms with E-state index in [1.165, 1.54) is 0 Å². The third-order valence-electron chi connectivity index (χ3n) is 2.53. The summed E-state index contributed by atoms with van der Waals surface area (Å²) in [7, 11) is 0. The Hall–Kier alpha value is -2.48. The predicted octanol–water partition coefficient (Wildman–Crippen LogP) is 0.989. The van der Waals surface area contributed by atoms with Gasteiger partial charge in [0.05, 0.1) is 18.2 Å². The fourth-order valence-corrected chi connectivity index (χ4v) is 1.56. The molecule has 0 saturated carbocycles. The molecule has 19 heavy (non-hydrogen) atoms. The first-order valence-electron chi connectivity index (χ1n) is 5.74. The maximum Gasteiger partial charge on any atom is 0.293 e. The zero-order chi connectivity index (χ0) is 13.2. The number of hydrogen-bond donors (Lipinski definition) is 1. The van der Waals surface area contributed by atoms with E-state index in [-0.39, 0.29) is 6.04 Å². The van der Waals surface area contributed by atoms with Gasteiger partial charge in [-0.15, -0.1) is 5.10 Å². The minimum absolute atomic E-state index is 0.155. The van der Waals surface area contributed by atoms with Gasteiger partial charge in [-0.25, -0.2) is 4.68 Å². The van der Waals surface area contributed by atoms with Gasteiger partial charge in [-0.1, -0.05) is 10.4 Å². The van der Waals surface area contributed by atoms with Gasteiger partial charge in [-0.2, -0.15) is 4.98 Å². The van der Waals surface area contributed by atoms with Gasteiger partial charge in [0.2, 0.25) is 0 Å². The van der Waals surface area contributed by atoms with Crippen molar-refractivity contribution in [2.24, 2.45) is 5.73 Å². The summed E-state index contributed by atoms with van der Waals surface area (Å²) in [4.78, 5) is 4.21. The van der Waals surface area contributed by atoms with Crippen LogP contribution in [-0.4, -0.2) is 25.1 Å². The highest BCUT2D eigenvalue weighted by molar-refractivity contribution is 5.42. The molecule has 0 fully saturated rings. The van der Waals surface area contributed by atoms with Crippen molar-refractivity contribution in [3.05, 3.63) is 36.1 Å². The topological polar surface area (TPSA) is 109 Å². The molecule has 8 nitrogen and oxygen atoms in total. The lowest BCUT2D eigenvalue weighted by Gasteiger charge is -1.95. The zero-order valence-electron chi connectivity index (χ0n) is 10.2. The molecule has 1 unspecified atom stereocenters. The molecule has 0 aliphatic heterocycles. The summed E-state index contributed by atoms with van der Waals surface area (Å²) >= 11 is 0. The quantitative estimate of drug-likeness (QED) is 0.744. The van der Waals surface area contributed by atoms with Gasteiger partial charge in [0.25, 0.3) is 5.89 Å². The molecule has 0 aromatic carbocycles. The number of hydrogen-bond acceptors (Lipinski definition) is 7. The summed E-state index contributed by atoms with van der Waals surface area (Å²) in [5.74, 6) is 1.37. The Balaban J connectivity index is 1.76. The first-order valence-corrected chi connectivity index (χ1v) is 5.74. The van der Waals surface area contributed by atoms with Crippen molar-refractivity contribution < 1.29 is 8.94 Å². The molecule has 98 valence electrons. The first-order chi connectivity index (χ1) is 9.22. The Morgan fingerprint density at radius 1 is 1.47 bits per heavy atom. The Morgan fingerprint density at radius 2 is 2.37 bits per heavy atom. The van der Waals surface area contributed by atoms with Crippen molar-refractivity contribution in [2.75, 3.05) is 0 Å².